The molecular formula is C20H25N3O4. The molecule has 144 valence electrons. The van der Waals surface area contributed by atoms with Crippen molar-refractivity contribution in [3.63, 3.8) is 0 Å². The molecule has 0 radical (unpaired) electrons. The first-order chi connectivity index (χ1) is 13.0. The summed E-state index contributed by atoms with van der Waals surface area (Å²) < 4.78 is 10.2. The summed E-state index contributed by atoms with van der Waals surface area (Å²) in [5, 5.41) is 3.06. The molecule has 2 heterocycles. The Morgan fingerprint density at radius 3 is 2.56 bits per heavy atom. The van der Waals surface area contributed by atoms with Gasteiger partial charge in [-0.1, -0.05) is 12.1 Å². The van der Waals surface area contributed by atoms with Crippen molar-refractivity contribution in [2.75, 3.05) is 27.3 Å². The molecule has 1 aromatic carbocycles. The molecule has 2 aromatic rings. The van der Waals surface area contributed by atoms with Gasteiger partial charge in [0, 0.05) is 56.5 Å². The van der Waals surface area contributed by atoms with Gasteiger partial charge in [0.1, 0.15) is 5.75 Å². The summed E-state index contributed by atoms with van der Waals surface area (Å²) in [5.41, 5.74) is 1.83. The molecule has 0 saturated carbocycles. The Labute approximate surface area is 158 Å². The number of rotatable bonds is 6. The number of aromatic nitrogens is 1. The number of hydrogen-bond donors (Lipinski definition) is 2. The molecule has 0 bridgehead atoms. The number of aromatic amines is 1. The molecular weight excluding hydrogens is 346 g/mol. The van der Waals surface area contributed by atoms with Crippen molar-refractivity contribution in [1.29, 1.82) is 0 Å². The highest BCUT2D eigenvalue weighted by Gasteiger charge is 2.34. The molecule has 0 unspecified atom stereocenters. The van der Waals surface area contributed by atoms with E-state index in [2.05, 4.69) is 15.2 Å². The first-order valence-electron chi connectivity index (χ1n) is 8.89. The van der Waals surface area contributed by atoms with Crippen LogP contribution in [0.1, 0.15) is 24.1 Å². The summed E-state index contributed by atoms with van der Waals surface area (Å²) in [5.74, 6) is 1.23. The lowest BCUT2D eigenvalue weighted by Crippen LogP contribution is -2.38. The Balaban J connectivity index is 1.76. The summed E-state index contributed by atoms with van der Waals surface area (Å²) >= 11 is 0. The van der Waals surface area contributed by atoms with Crippen LogP contribution in [0.15, 0.2) is 41.3 Å². The summed E-state index contributed by atoms with van der Waals surface area (Å²) in [6.07, 6.45) is 1.58. The van der Waals surface area contributed by atoms with E-state index < -0.39 is 0 Å². The van der Waals surface area contributed by atoms with E-state index in [1.165, 1.54) is 14.0 Å². The number of methoxy groups -OCH3 is 2. The molecule has 1 aliphatic heterocycles. The van der Waals surface area contributed by atoms with Crippen molar-refractivity contribution >= 4 is 5.91 Å². The van der Waals surface area contributed by atoms with Gasteiger partial charge in [0.15, 0.2) is 5.75 Å². The SMILES string of the molecule is COc1ccc([C@@H]2CN(Cc3cc(=O)c(OC)c[nH]3)C[C@H]2NC(C)=O)cc1. The summed E-state index contributed by atoms with van der Waals surface area (Å²) in [7, 11) is 3.12. The van der Waals surface area contributed by atoms with Crippen molar-refractivity contribution in [3.05, 3.63) is 58.0 Å². The minimum Gasteiger partial charge on any atom is -0.497 e. The molecule has 2 N–H and O–H groups in total. The van der Waals surface area contributed by atoms with Crippen LogP contribution in [0.5, 0.6) is 11.5 Å². The van der Waals surface area contributed by atoms with Gasteiger partial charge in [0.25, 0.3) is 0 Å². The highest BCUT2D eigenvalue weighted by Crippen LogP contribution is 2.29. The minimum atomic E-state index is -0.143. The Morgan fingerprint density at radius 2 is 1.96 bits per heavy atom. The van der Waals surface area contributed by atoms with Crippen LogP contribution in [0.25, 0.3) is 0 Å². The third kappa shape index (κ3) is 4.49. The van der Waals surface area contributed by atoms with E-state index in [9.17, 15) is 9.59 Å². The zero-order valence-corrected chi connectivity index (χ0v) is 15.8. The third-order valence-electron chi connectivity index (χ3n) is 4.88. The second kappa shape index (κ2) is 8.26. The highest BCUT2D eigenvalue weighted by atomic mass is 16.5. The number of ether oxygens (including phenoxy) is 2. The molecule has 1 aliphatic rings. The van der Waals surface area contributed by atoms with Crippen molar-refractivity contribution < 1.29 is 14.3 Å². The molecule has 27 heavy (non-hydrogen) atoms. The van der Waals surface area contributed by atoms with E-state index in [1.807, 2.05) is 24.3 Å². The van der Waals surface area contributed by atoms with Crippen LogP contribution in [0.3, 0.4) is 0 Å². The number of carbonyl (C=O) groups is 1. The van der Waals surface area contributed by atoms with E-state index in [0.29, 0.717) is 18.8 Å². The van der Waals surface area contributed by atoms with Crippen molar-refractivity contribution in [2.45, 2.75) is 25.4 Å². The fraction of sp³-hybridized carbons (Fsp3) is 0.400. The van der Waals surface area contributed by atoms with Crippen LogP contribution in [0, 0.1) is 0 Å². The van der Waals surface area contributed by atoms with Gasteiger partial charge in [0.05, 0.1) is 14.2 Å². The fourth-order valence-corrected chi connectivity index (χ4v) is 3.60. The quantitative estimate of drug-likeness (QED) is 0.804. The molecule has 1 fully saturated rings. The van der Waals surface area contributed by atoms with Crippen molar-refractivity contribution in [1.82, 2.24) is 15.2 Å². The van der Waals surface area contributed by atoms with Gasteiger partial charge < -0.3 is 19.8 Å². The van der Waals surface area contributed by atoms with Crippen molar-refractivity contribution in [2.24, 2.45) is 0 Å². The Hall–Kier alpha value is -2.80. The standard InChI is InChI=1S/C20H25N3O4/c1-13(24)22-18-12-23(10-15-8-19(25)20(27-3)9-21-15)11-17(18)14-4-6-16(26-2)7-5-14/h4-9,17-18H,10-12H2,1-3H3,(H,21,25)(H,22,24)/t17-,18+/m0/s1. The van der Waals surface area contributed by atoms with E-state index >= 15 is 0 Å². The van der Waals surface area contributed by atoms with Crippen LogP contribution in [-0.2, 0) is 11.3 Å². The van der Waals surface area contributed by atoms with Gasteiger partial charge in [-0.05, 0) is 17.7 Å². The summed E-state index contributed by atoms with van der Waals surface area (Å²) in [4.78, 5) is 29.0. The third-order valence-corrected chi connectivity index (χ3v) is 4.88. The van der Waals surface area contributed by atoms with Gasteiger partial charge in [-0.25, -0.2) is 0 Å². The average Bonchev–Trinajstić information content (AvgIpc) is 3.03. The van der Waals surface area contributed by atoms with E-state index in [-0.39, 0.29) is 23.3 Å². The topological polar surface area (TPSA) is 83.7 Å². The van der Waals surface area contributed by atoms with Gasteiger partial charge in [0.2, 0.25) is 11.3 Å². The number of carbonyl (C=O) groups excluding carboxylic acids is 1. The fourth-order valence-electron chi connectivity index (χ4n) is 3.60. The van der Waals surface area contributed by atoms with Gasteiger partial charge in [-0.2, -0.15) is 0 Å². The molecule has 0 aliphatic carbocycles. The van der Waals surface area contributed by atoms with Crippen molar-refractivity contribution in [3.8, 4) is 11.5 Å². The Bertz CT molecular complexity index is 847. The predicted molar refractivity (Wildman–Crippen MR) is 102 cm³/mol. The van der Waals surface area contributed by atoms with Crippen LogP contribution in [-0.4, -0.2) is 49.1 Å². The Kier molecular flexibility index (Phi) is 5.81. The Morgan fingerprint density at radius 1 is 1.22 bits per heavy atom. The number of hydrogen-bond acceptors (Lipinski definition) is 5. The van der Waals surface area contributed by atoms with Gasteiger partial charge >= 0.3 is 0 Å². The molecule has 1 aromatic heterocycles. The van der Waals surface area contributed by atoms with E-state index in [4.69, 9.17) is 9.47 Å². The maximum atomic E-state index is 12.0. The molecule has 2 atom stereocenters. The molecule has 1 saturated heterocycles. The van der Waals surface area contributed by atoms with E-state index in [1.54, 1.807) is 19.4 Å². The zero-order chi connectivity index (χ0) is 19.4. The van der Waals surface area contributed by atoms with Gasteiger partial charge in [-0.3, -0.25) is 14.5 Å². The summed E-state index contributed by atoms with van der Waals surface area (Å²) in [6.45, 7) is 3.63. The van der Waals surface area contributed by atoms with Crippen LogP contribution < -0.4 is 20.2 Å². The normalized spacial score (nSPS) is 19.7. The first-order valence-corrected chi connectivity index (χ1v) is 8.89. The predicted octanol–water partition coefficient (Wildman–Crippen LogP) is 1.50. The number of benzene rings is 1. The summed E-state index contributed by atoms with van der Waals surface area (Å²) in [6, 6.07) is 9.52. The van der Waals surface area contributed by atoms with Crippen LogP contribution in [0.4, 0.5) is 0 Å². The number of pyridine rings is 1. The average molecular weight is 371 g/mol. The van der Waals surface area contributed by atoms with Crippen LogP contribution >= 0.6 is 0 Å². The first kappa shape index (κ1) is 19.0. The molecule has 1 amide bonds. The second-order valence-electron chi connectivity index (χ2n) is 6.77. The number of likely N-dealkylation sites (tertiary alicyclic amines) is 1. The lowest BCUT2D eigenvalue weighted by molar-refractivity contribution is -0.119. The minimum absolute atomic E-state index is 0.0147. The monoisotopic (exact) mass is 371 g/mol. The van der Waals surface area contributed by atoms with Gasteiger partial charge in [-0.15, -0.1) is 0 Å². The molecule has 0 spiro atoms. The number of nitrogens with one attached hydrogen (secondary N) is 2. The molecule has 7 nitrogen and oxygen atoms in total. The van der Waals surface area contributed by atoms with E-state index in [0.717, 1.165) is 23.6 Å². The lowest BCUT2D eigenvalue weighted by Gasteiger charge is -2.19. The maximum absolute atomic E-state index is 12.0. The lowest BCUT2D eigenvalue weighted by atomic mass is 9.94. The highest BCUT2D eigenvalue weighted by molar-refractivity contribution is 5.73. The molecule has 7 heteroatoms. The zero-order valence-electron chi connectivity index (χ0n) is 15.8. The number of amides is 1. The maximum Gasteiger partial charge on any atom is 0.223 e. The van der Waals surface area contributed by atoms with Crippen LogP contribution in [0.2, 0.25) is 0 Å². The molecule has 3 rings (SSSR count). The number of nitrogens with zero attached hydrogens (tertiary/aromatic N) is 1. The largest absolute Gasteiger partial charge is 0.497 e. The smallest absolute Gasteiger partial charge is 0.223 e. The number of H-pyrrole nitrogens is 1. The second-order valence-corrected chi connectivity index (χ2v) is 6.77.